The van der Waals surface area contributed by atoms with Crippen molar-refractivity contribution in [2.45, 2.75) is 38.6 Å². The SMILES string of the molecule is CCCCC[C@H](N)c1cccc2c1OCCO2. The summed E-state index contributed by atoms with van der Waals surface area (Å²) >= 11 is 0. The fraction of sp³-hybridized carbons (Fsp3) is 0.571. The minimum absolute atomic E-state index is 0.0539. The molecule has 3 heteroatoms. The lowest BCUT2D eigenvalue weighted by Crippen LogP contribution is -2.19. The van der Waals surface area contributed by atoms with Gasteiger partial charge in [-0.2, -0.15) is 0 Å². The highest BCUT2D eigenvalue weighted by Gasteiger charge is 2.19. The first-order chi connectivity index (χ1) is 8.33. The lowest BCUT2D eigenvalue weighted by molar-refractivity contribution is 0.169. The summed E-state index contributed by atoms with van der Waals surface area (Å²) in [6.45, 7) is 3.44. The van der Waals surface area contributed by atoms with E-state index in [1.807, 2.05) is 18.2 Å². The summed E-state index contributed by atoms with van der Waals surface area (Å²) in [6, 6.07) is 6.03. The zero-order valence-electron chi connectivity index (χ0n) is 10.4. The van der Waals surface area contributed by atoms with Gasteiger partial charge in [-0.1, -0.05) is 38.3 Å². The third-order valence-electron chi connectivity index (χ3n) is 3.11. The van der Waals surface area contributed by atoms with Crippen molar-refractivity contribution in [2.24, 2.45) is 5.73 Å². The molecule has 1 heterocycles. The predicted molar refractivity (Wildman–Crippen MR) is 68.5 cm³/mol. The van der Waals surface area contributed by atoms with Gasteiger partial charge >= 0.3 is 0 Å². The number of hydrogen-bond acceptors (Lipinski definition) is 3. The minimum Gasteiger partial charge on any atom is -0.486 e. The molecule has 0 unspecified atom stereocenters. The average molecular weight is 235 g/mol. The minimum atomic E-state index is 0.0539. The van der Waals surface area contributed by atoms with Crippen LogP contribution in [0.2, 0.25) is 0 Å². The van der Waals surface area contributed by atoms with E-state index in [4.69, 9.17) is 15.2 Å². The third-order valence-corrected chi connectivity index (χ3v) is 3.11. The molecule has 0 aliphatic carbocycles. The van der Waals surface area contributed by atoms with Crippen molar-refractivity contribution in [1.29, 1.82) is 0 Å². The normalized spacial score (nSPS) is 15.6. The highest BCUT2D eigenvalue weighted by Crippen LogP contribution is 2.37. The Morgan fingerprint density at radius 3 is 2.88 bits per heavy atom. The van der Waals surface area contributed by atoms with Gasteiger partial charge in [-0.25, -0.2) is 0 Å². The molecule has 94 valence electrons. The summed E-state index contributed by atoms with van der Waals surface area (Å²) in [5.41, 5.74) is 7.31. The van der Waals surface area contributed by atoms with E-state index in [-0.39, 0.29) is 6.04 Å². The topological polar surface area (TPSA) is 44.5 Å². The van der Waals surface area contributed by atoms with E-state index in [2.05, 4.69) is 6.92 Å². The van der Waals surface area contributed by atoms with Crippen molar-refractivity contribution in [3.8, 4) is 11.5 Å². The van der Waals surface area contributed by atoms with E-state index >= 15 is 0 Å². The molecule has 1 aliphatic heterocycles. The number of fused-ring (bicyclic) bond motifs is 1. The lowest BCUT2D eigenvalue weighted by Gasteiger charge is -2.23. The fourth-order valence-corrected chi connectivity index (χ4v) is 2.16. The van der Waals surface area contributed by atoms with Crippen LogP contribution in [0.1, 0.15) is 44.2 Å². The Labute approximate surface area is 103 Å². The molecule has 2 N–H and O–H groups in total. The van der Waals surface area contributed by atoms with Crippen LogP contribution in [0.15, 0.2) is 18.2 Å². The second-order valence-corrected chi connectivity index (χ2v) is 4.47. The van der Waals surface area contributed by atoms with Crippen LogP contribution < -0.4 is 15.2 Å². The largest absolute Gasteiger partial charge is 0.486 e. The molecule has 0 fully saturated rings. The monoisotopic (exact) mass is 235 g/mol. The lowest BCUT2D eigenvalue weighted by atomic mass is 10.00. The van der Waals surface area contributed by atoms with Crippen molar-refractivity contribution < 1.29 is 9.47 Å². The standard InChI is InChI=1S/C14H21NO2/c1-2-3-4-7-12(15)11-6-5-8-13-14(11)17-10-9-16-13/h5-6,8,12H,2-4,7,9-10,15H2,1H3/t12-/m0/s1. The molecule has 0 amide bonds. The molecule has 0 aromatic heterocycles. The van der Waals surface area contributed by atoms with Crippen molar-refractivity contribution in [1.82, 2.24) is 0 Å². The Kier molecular flexibility index (Phi) is 4.26. The summed E-state index contributed by atoms with van der Waals surface area (Å²) in [7, 11) is 0. The van der Waals surface area contributed by atoms with E-state index in [9.17, 15) is 0 Å². The van der Waals surface area contributed by atoms with Gasteiger partial charge in [0.15, 0.2) is 11.5 Å². The van der Waals surface area contributed by atoms with Gasteiger partial charge in [0.1, 0.15) is 13.2 Å². The van der Waals surface area contributed by atoms with E-state index in [0.717, 1.165) is 23.5 Å². The van der Waals surface area contributed by atoms with Crippen molar-refractivity contribution in [3.63, 3.8) is 0 Å². The Morgan fingerprint density at radius 2 is 2.06 bits per heavy atom. The molecule has 1 aliphatic rings. The zero-order chi connectivity index (χ0) is 12.1. The number of ether oxygens (including phenoxy) is 2. The predicted octanol–water partition coefficient (Wildman–Crippen LogP) is 3.04. The number of nitrogens with two attached hydrogens (primary N) is 1. The first kappa shape index (κ1) is 12.2. The molecule has 1 atom stereocenters. The van der Waals surface area contributed by atoms with Gasteiger partial charge in [-0.15, -0.1) is 0 Å². The molecule has 0 spiro atoms. The van der Waals surface area contributed by atoms with E-state index in [0.29, 0.717) is 13.2 Å². The molecule has 17 heavy (non-hydrogen) atoms. The van der Waals surface area contributed by atoms with Crippen LogP contribution in [0.3, 0.4) is 0 Å². The van der Waals surface area contributed by atoms with Crippen molar-refractivity contribution in [2.75, 3.05) is 13.2 Å². The number of hydrogen-bond donors (Lipinski definition) is 1. The average Bonchev–Trinajstić information content (AvgIpc) is 2.38. The first-order valence-electron chi connectivity index (χ1n) is 6.47. The Balaban J connectivity index is 2.09. The van der Waals surface area contributed by atoms with E-state index in [1.165, 1.54) is 19.3 Å². The van der Waals surface area contributed by atoms with Crippen LogP contribution in [-0.4, -0.2) is 13.2 Å². The van der Waals surface area contributed by atoms with E-state index in [1.54, 1.807) is 0 Å². The summed E-state index contributed by atoms with van der Waals surface area (Å²) in [5, 5.41) is 0. The van der Waals surface area contributed by atoms with Gasteiger partial charge in [0.2, 0.25) is 0 Å². The highest BCUT2D eigenvalue weighted by atomic mass is 16.6. The molecular weight excluding hydrogens is 214 g/mol. The molecule has 2 rings (SSSR count). The second kappa shape index (κ2) is 5.92. The first-order valence-corrected chi connectivity index (χ1v) is 6.47. The smallest absolute Gasteiger partial charge is 0.166 e. The Morgan fingerprint density at radius 1 is 1.24 bits per heavy atom. The van der Waals surface area contributed by atoms with Gasteiger partial charge in [-0.3, -0.25) is 0 Å². The fourth-order valence-electron chi connectivity index (χ4n) is 2.16. The second-order valence-electron chi connectivity index (χ2n) is 4.47. The molecule has 0 radical (unpaired) electrons. The van der Waals surface area contributed by atoms with Gasteiger partial charge < -0.3 is 15.2 Å². The molecule has 3 nitrogen and oxygen atoms in total. The van der Waals surface area contributed by atoms with Crippen LogP contribution in [0.5, 0.6) is 11.5 Å². The van der Waals surface area contributed by atoms with Gasteiger partial charge in [0.25, 0.3) is 0 Å². The molecular formula is C14H21NO2. The molecule has 1 aromatic carbocycles. The number of rotatable bonds is 5. The van der Waals surface area contributed by atoms with Gasteiger partial charge in [0, 0.05) is 11.6 Å². The van der Waals surface area contributed by atoms with Gasteiger partial charge in [0.05, 0.1) is 0 Å². The molecule has 0 bridgehead atoms. The summed E-state index contributed by atoms with van der Waals surface area (Å²) in [6.07, 6.45) is 4.63. The zero-order valence-corrected chi connectivity index (χ0v) is 10.4. The quantitative estimate of drug-likeness (QED) is 0.798. The Hall–Kier alpha value is -1.22. The summed E-state index contributed by atoms with van der Waals surface area (Å²) < 4.78 is 11.2. The number of unbranched alkanes of at least 4 members (excludes halogenated alkanes) is 2. The van der Waals surface area contributed by atoms with Crippen LogP contribution >= 0.6 is 0 Å². The van der Waals surface area contributed by atoms with Crippen LogP contribution in [0.25, 0.3) is 0 Å². The maximum atomic E-state index is 6.22. The van der Waals surface area contributed by atoms with E-state index < -0.39 is 0 Å². The molecule has 0 saturated heterocycles. The molecule has 1 aromatic rings. The highest BCUT2D eigenvalue weighted by molar-refractivity contribution is 5.48. The third kappa shape index (κ3) is 2.91. The number of para-hydroxylation sites is 1. The Bertz CT molecular complexity index is 365. The van der Waals surface area contributed by atoms with Crippen LogP contribution in [0, 0.1) is 0 Å². The summed E-state index contributed by atoms with van der Waals surface area (Å²) in [4.78, 5) is 0. The number of benzene rings is 1. The maximum absolute atomic E-state index is 6.22. The van der Waals surface area contributed by atoms with Gasteiger partial charge in [-0.05, 0) is 12.5 Å². The summed E-state index contributed by atoms with van der Waals surface area (Å²) in [5.74, 6) is 1.68. The van der Waals surface area contributed by atoms with Crippen molar-refractivity contribution in [3.05, 3.63) is 23.8 Å². The van der Waals surface area contributed by atoms with Crippen LogP contribution in [0.4, 0.5) is 0 Å². The maximum Gasteiger partial charge on any atom is 0.166 e. The van der Waals surface area contributed by atoms with Crippen LogP contribution in [-0.2, 0) is 0 Å². The molecule has 0 saturated carbocycles. The van der Waals surface area contributed by atoms with Crippen molar-refractivity contribution >= 4 is 0 Å².